The van der Waals surface area contributed by atoms with Crippen LogP contribution in [-0.4, -0.2) is 13.1 Å². The predicted molar refractivity (Wildman–Crippen MR) is 90.4 cm³/mol. The summed E-state index contributed by atoms with van der Waals surface area (Å²) in [6.07, 6.45) is 0. The van der Waals surface area contributed by atoms with E-state index in [1.165, 1.54) is 7.11 Å². The second-order valence-corrected chi connectivity index (χ2v) is 5.41. The number of carbonyl (C=O) groups is 1. The van der Waals surface area contributed by atoms with Crippen LogP contribution in [0.25, 0.3) is 21.9 Å². The Balaban J connectivity index is 2.35. The van der Waals surface area contributed by atoms with Gasteiger partial charge in [0.15, 0.2) is 0 Å². The lowest BCUT2D eigenvalue weighted by Gasteiger charge is -2.11. The maximum Gasteiger partial charge on any atom is 0.337 e. The molecule has 4 heteroatoms. The highest BCUT2D eigenvalue weighted by Crippen LogP contribution is 2.36. The van der Waals surface area contributed by atoms with Crippen molar-refractivity contribution in [3.63, 3.8) is 0 Å². The Morgan fingerprint density at radius 1 is 1.13 bits per heavy atom. The number of halogens is 1. The number of rotatable bonds is 2. The van der Waals surface area contributed by atoms with Crippen molar-refractivity contribution in [1.82, 2.24) is 0 Å². The molecule has 0 bridgehead atoms. The van der Waals surface area contributed by atoms with E-state index in [0.717, 1.165) is 16.3 Å². The van der Waals surface area contributed by atoms with Crippen molar-refractivity contribution in [1.29, 1.82) is 5.26 Å². The standard InChI is InChI=1S/C19H12ClNO2/c1-23-19(22)13-9-8-12-4-2-6-15(16(12)10-13)18-14(11-21)5-3-7-17(18)20/h2-10H,1H3. The Labute approximate surface area is 138 Å². The summed E-state index contributed by atoms with van der Waals surface area (Å²) >= 11 is 6.33. The van der Waals surface area contributed by atoms with Crippen molar-refractivity contribution in [2.45, 2.75) is 0 Å². The van der Waals surface area contributed by atoms with Crippen LogP contribution < -0.4 is 0 Å². The minimum Gasteiger partial charge on any atom is -0.465 e. The van der Waals surface area contributed by atoms with Gasteiger partial charge >= 0.3 is 5.97 Å². The van der Waals surface area contributed by atoms with E-state index < -0.39 is 5.97 Å². The lowest BCUT2D eigenvalue weighted by Crippen LogP contribution is -2.00. The van der Waals surface area contributed by atoms with Crippen LogP contribution in [0.1, 0.15) is 15.9 Å². The molecule has 0 spiro atoms. The molecule has 112 valence electrons. The SMILES string of the molecule is COC(=O)c1ccc2cccc(-c3c(Cl)cccc3C#N)c2c1. The molecule has 0 heterocycles. The average Bonchev–Trinajstić information content (AvgIpc) is 2.60. The van der Waals surface area contributed by atoms with Gasteiger partial charge < -0.3 is 4.74 Å². The predicted octanol–water partition coefficient (Wildman–Crippen LogP) is 4.82. The molecule has 0 saturated carbocycles. The molecular weight excluding hydrogens is 310 g/mol. The summed E-state index contributed by atoms with van der Waals surface area (Å²) < 4.78 is 4.78. The van der Waals surface area contributed by atoms with Gasteiger partial charge in [0.25, 0.3) is 0 Å². The van der Waals surface area contributed by atoms with Crippen molar-refractivity contribution in [3.05, 3.63) is 70.7 Å². The molecule has 0 aliphatic heterocycles. The molecule has 3 nitrogen and oxygen atoms in total. The van der Waals surface area contributed by atoms with Gasteiger partial charge in [0.2, 0.25) is 0 Å². The lowest BCUT2D eigenvalue weighted by atomic mass is 9.94. The van der Waals surface area contributed by atoms with E-state index in [0.29, 0.717) is 21.7 Å². The molecule has 0 radical (unpaired) electrons. The smallest absolute Gasteiger partial charge is 0.337 e. The van der Waals surface area contributed by atoms with Crippen molar-refractivity contribution in [3.8, 4) is 17.2 Å². The Hall–Kier alpha value is -2.83. The summed E-state index contributed by atoms with van der Waals surface area (Å²) in [4.78, 5) is 11.8. The zero-order valence-electron chi connectivity index (χ0n) is 12.3. The highest BCUT2D eigenvalue weighted by molar-refractivity contribution is 6.34. The lowest BCUT2D eigenvalue weighted by molar-refractivity contribution is 0.0601. The van der Waals surface area contributed by atoms with E-state index in [1.54, 1.807) is 30.3 Å². The zero-order valence-corrected chi connectivity index (χ0v) is 13.1. The van der Waals surface area contributed by atoms with Gasteiger partial charge in [-0.2, -0.15) is 5.26 Å². The Kier molecular flexibility index (Phi) is 4.01. The normalized spacial score (nSPS) is 10.3. The number of fused-ring (bicyclic) bond motifs is 1. The molecule has 0 aliphatic carbocycles. The summed E-state index contributed by atoms with van der Waals surface area (Å²) in [5, 5.41) is 11.7. The minimum absolute atomic E-state index is 0.402. The molecule has 0 aliphatic rings. The first-order chi connectivity index (χ1) is 11.2. The van der Waals surface area contributed by atoms with E-state index in [1.807, 2.05) is 24.3 Å². The van der Waals surface area contributed by atoms with Crippen molar-refractivity contribution in [2.75, 3.05) is 7.11 Å². The monoisotopic (exact) mass is 321 g/mol. The Morgan fingerprint density at radius 3 is 2.65 bits per heavy atom. The number of carbonyl (C=O) groups excluding carboxylic acids is 1. The van der Waals surface area contributed by atoms with Gasteiger partial charge in [0, 0.05) is 10.6 Å². The summed E-state index contributed by atoms with van der Waals surface area (Å²) in [5.41, 5.74) is 2.44. The van der Waals surface area contributed by atoms with E-state index in [2.05, 4.69) is 6.07 Å². The summed E-state index contributed by atoms with van der Waals surface area (Å²) in [5.74, 6) is -0.402. The van der Waals surface area contributed by atoms with Gasteiger partial charge in [-0.3, -0.25) is 0 Å². The highest BCUT2D eigenvalue weighted by atomic mass is 35.5. The van der Waals surface area contributed by atoms with E-state index in [4.69, 9.17) is 16.3 Å². The van der Waals surface area contributed by atoms with Crippen LogP contribution in [0.3, 0.4) is 0 Å². The number of nitrogens with zero attached hydrogens (tertiary/aromatic N) is 1. The molecule has 0 N–H and O–H groups in total. The third-order valence-electron chi connectivity index (χ3n) is 3.71. The summed E-state index contributed by atoms with van der Waals surface area (Å²) in [7, 11) is 1.35. The minimum atomic E-state index is -0.402. The molecule has 0 unspecified atom stereocenters. The van der Waals surface area contributed by atoms with Crippen LogP contribution in [-0.2, 0) is 4.74 Å². The quantitative estimate of drug-likeness (QED) is 0.636. The first-order valence-corrected chi connectivity index (χ1v) is 7.33. The number of nitriles is 1. The Morgan fingerprint density at radius 2 is 1.91 bits per heavy atom. The number of benzene rings is 3. The van der Waals surface area contributed by atoms with Gasteiger partial charge in [0.1, 0.15) is 0 Å². The summed E-state index contributed by atoms with van der Waals surface area (Å²) in [6.45, 7) is 0. The van der Waals surface area contributed by atoms with Gasteiger partial charge in [-0.15, -0.1) is 0 Å². The molecule has 0 amide bonds. The van der Waals surface area contributed by atoms with Crippen molar-refractivity contribution in [2.24, 2.45) is 0 Å². The topological polar surface area (TPSA) is 50.1 Å². The fraction of sp³-hybridized carbons (Fsp3) is 0.0526. The van der Waals surface area contributed by atoms with Gasteiger partial charge in [0.05, 0.1) is 24.3 Å². The number of hydrogen-bond donors (Lipinski definition) is 0. The number of methoxy groups -OCH3 is 1. The molecule has 0 saturated heterocycles. The Bertz CT molecular complexity index is 957. The van der Waals surface area contributed by atoms with Crippen LogP contribution in [0.15, 0.2) is 54.6 Å². The molecule has 3 aromatic rings. The van der Waals surface area contributed by atoms with E-state index in [9.17, 15) is 10.1 Å². The van der Waals surface area contributed by atoms with Gasteiger partial charge in [-0.05, 0) is 40.6 Å². The third-order valence-corrected chi connectivity index (χ3v) is 4.02. The molecule has 0 fully saturated rings. The van der Waals surface area contributed by atoms with E-state index >= 15 is 0 Å². The largest absolute Gasteiger partial charge is 0.465 e. The number of esters is 1. The molecule has 0 atom stereocenters. The van der Waals surface area contributed by atoms with Crippen LogP contribution in [0, 0.1) is 11.3 Å². The number of hydrogen-bond acceptors (Lipinski definition) is 3. The highest BCUT2D eigenvalue weighted by Gasteiger charge is 2.14. The van der Waals surface area contributed by atoms with Gasteiger partial charge in [-0.1, -0.05) is 41.9 Å². The maximum absolute atomic E-state index is 11.8. The maximum atomic E-state index is 11.8. The second-order valence-electron chi connectivity index (χ2n) is 5.01. The van der Waals surface area contributed by atoms with Crippen LogP contribution >= 0.6 is 11.6 Å². The van der Waals surface area contributed by atoms with Gasteiger partial charge in [-0.25, -0.2) is 4.79 Å². The van der Waals surface area contributed by atoms with Crippen LogP contribution in [0.5, 0.6) is 0 Å². The first kappa shape index (κ1) is 15.1. The fourth-order valence-electron chi connectivity index (χ4n) is 2.63. The summed E-state index contributed by atoms with van der Waals surface area (Å²) in [6, 6.07) is 18.5. The molecule has 3 rings (SSSR count). The van der Waals surface area contributed by atoms with Crippen molar-refractivity contribution < 1.29 is 9.53 Å². The van der Waals surface area contributed by atoms with E-state index in [-0.39, 0.29) is 0 Å². The molecule has 3 aromatic carbocycles. The second kappa shape index (κ2) is 6.12. The van der Waals surface area contributed by atoms with Crippen LogP contribution in [0.2, 0.25) is 5.02 Å². The molecular formula is C19H12ClNO2. The first-order valence-electron chi connectivity index (χ1n) is 6.96. The third kappa shape index (κ3) is 2.65. The fourth-order valence-corrected chi connectivity index (χ4v) is 2.90. The molecule has 23 heavy (non-hydrogen) atoms. The number of ether oxygens (including phenoxy) is 1. The van der Waals surface area contributed by atoms with Crippen LogP contribution in [0.4, 0.5) is 0 Å². The van der Waals surface area contributed by atoms with Crippen molar-refractivity contribution >= 4 is 28.3 Å². The molecule has 0 aromatic heterocycles. The zero-order chi connectivity index (χ0) is 16.4. The average molecular weight is 322 g/mol.